The molecule has 0 N–H and O–H groups in total. The largest absolute Gasteiger partial charge is 0.491 e. The smallest absolute Gasteiger partial charge is 0.255 e. The molecule has 1 amide bonds. The summed E-state index contributed by atoms with van der Waals surface area (Å²) in [5.74, 6) is 1.48. The van der Waals surface area contributed by atoms with Gasteiger partial charge in [0.2, 0.25) is 0 Å². The lowest BCUT2D eigenvalue weighted by molar-refractivity contribution is 0.0568. The number of hydrogen-bond acceptors (Lipinski definition) is 4. The lowest BCUT2D eigenvalue weighted by Crippen LogP contribution is -2.47. The molecule has 4 aromatic carbocycles. The average Bonchev–Trinajstić information content (AvgIpc) is 2.90. The predicted octanol–water partition coefficient (Wildman–Crippen LogP) is 6.53. The molecule has 4 aromatic rings. The third-order valence-corrected chi connectivity index (χ3v) is 6.54. The molecular formula is C32H30N2O3. The van der Waals surface area contributed by atoms with Gasteiger partial charge in [-0.2, -0.15) is 5.26 Å². The Kier molecular flexibility index (Phi) is 6.58. The average molecular weight is 491 g/mol. The van der Waals surface area contributed by atoms with Gasteiger partial charge in [-0.25, -0.2) is 0 Å². The maximum absolute atomic E-state index is 13.9. The second-order valence-corrected chi connectivity index (χ2v) is 10.4. The van der Waals surface area contributed by atoms with Gasteiger partial charge in [0.1, 0.15) is 23.7 Å². The summed E-state index contributed by atoms with van der Waals surface area (Å²) in [5.41, 5.74) is 3.18. The third-order valence-electron chi connectivity index (χ3n) is 6.54. The van der Waals surface area contributed by atoms with Crippen LogP contribution in [-0.4, -0.2) is 29.1 Å². The molecule has 0 saturated heterocycles. The second-order valence-electron chi connectivity index (χ2n) is 10.4. The van der Waals surface area contributed by atoms with Crippen molar-refractivity contribution in [3.05, 3.63) is 107 Å². The van der Waals surface area contributed by atoms with Crippen LogP contribution in [0.25, 0.3) is 10.8 Å². The first-order valence-corrected chi connectivity index (χ1v) is 12.5. The first-order valence-electron chi connectivity index (χ1n) is 12.5. The van der Waals surface area contributed by atoms with E-state index in [4.69, 9.17) is 9.47 Å². The number of rotatable bonds is 5. The van der Waals surface area contributed by atoms with Crippen molar-refractivity contribution in [3.8, 4) is 17.6 Å². The van der Waals surface area contributed by atoms with Crippen molar-refractivity contribution in [2.24, 2.45) is 0 Å². The minimum Gasteiger partial charge on any atom is -0.491 e. The van der Waals surface area contributed by atoms with Gasteiger partial charge in [-0.3, -0.25) is 4.79 Å². The Labute approximate surface area is 217 Å². The molecule has 0 saturated carbocycles. The van der Waals surface area contributed by atoms with Crippen molar-refractivity contribution < 1.29 is 14.3 Å². The van der Waals surface area contributed by atoms with E-state index in [2.05, 4.69) is 6.07 Å². The van der Waals surface area contributed by atoms with Crippen LogP contribution >= 0.6 is 0 Å². The molecule has 0 spiro atoms. The number of carbonyl (C=O) groups is 1. The molecular weight excluding hydrogens is 460 g/mol. The van der Waals surface area contributed by atoms with E-state index in [-0.39, 0.29) is 17.6 Å². The molecule has 1 aliphatic rings. The van der Waals surface area contributed by atoms with Crippen LogP contribution in [-0.2, 0) is 13.0 Å². The lowest BCUT2D eigenvalue weighted by atomic mass is 9.91. The van der Waals surface area contributed by atoms with E-state index in [0.29, 0.717) is 30.7 Å². The molecule has 1 atom stereocenters. The minimum absolute atomic E-state index is 0.0191. The van der Waals surface area contributed by atoms with Gasteiger partial charge in [0.05, 0.1) is 17.7 Å². The van der Waals surface area contributed by atoms with Crippen LogP contribution in [0.5, 0.6) is 11.5 Å². The van der Waals surface area contributed by atoms with Crippen LogP contribution in [0.2, 0.25) is 0 Å². The maximum atomic E-state index is 13.9. The van der Waals surface area contributed by atoms with E-state index in [9.17, 15) is 10.1 Å². The molecule has 0 radical (unpaired) electrons. The van der Waals surface area contributed by atoms with Gasteiger partial charge >= 0.3 is 0 Å². The summed E-state index contributed by atoms with van der Waals surface area (Å²) in [6, 6.07) is 29.1. The number of nitriles is 1. The molecule has 1 heterocycles. The number of hydrogen-bond donors (Lipinski definition) is 0. The molecule has 186 valence electrons. The van der Waals surface area contributed by atoms with E-state index in [0.717, 1.165) is 33.4 Å². The van der Waals surface area contributed by atoms with Gasteiger partial charge in [0, 0.05) is 12.1 Å². The van der Waals surface area contributed by atoms with Gasteiger partial charge < -0.3 is 14.4 Å². The fourth-order valence-electron chi connectivity index (χ4n) is 4.82. The SMILES string of the molecule is CC(C)(C)Oc1ccc(OCC2Cc3cc(C#N)ccc3CN2C(=O)c2cccc3ccccc23)cc1. The molecule has 0 aliphatic carbocycles. The van der Waals surface area contributed by atoms with Crippen molar-refractivity contribution in [2.75, 3.05) is 6.61 Å². The zero-order valence-corrected chi connectivity index (χ0v) is 21.4. The van der Waals surface area contributed by atoms with E-state index >= 15 is 0 Å². The van der Waals surface area contributed by atoms with Gasteiger partial charge in [0.25, 0.3) is 5.91 Å². The Morgan fingerprint density at radius 3 is 2.43 bits per heavy atom. The van der Waals surface area contributed by atoms with E-state index in [1.165, 1.54) is 0 Å². The second kappa shape index (κ2) is 9.99. The first-order chi connectivity index (χ1) is 17.8. The molecule has 5 rings (SSSR count). The van der Waals surface area contributed by atoms with Crippen molar-refractivity contribution in [1.29, 1.82) is 5.26 Å². The predicted molar refractivity (Wildman–Crippen MR) is 145 cm³/mol. The Hall–Kier alpha value is -4.30. The summed E-state index contributed by atoms with van der Waals surface area (Å²) in [6.07, 6.45) is 0.618. The maximum Gasteiger partial charge on any atom is 0.255 e. The summed E-state index contributed by atoms with van der Waals surface area (Å²) in [7, 11) is 0. The lowest BCUT2D eigenvalue weighted by Gasteiger charge is -2.37. The molecule has 0 bridgehead atoms. The molecule has 5 nitrogen and oxygen atoms in total. The zero-order chi connectivity index (χ0) is 26.0. The number of nitrogens with zero attached hydrogens (tertiary/aromatic N) is 2. The van der Waals surface area contributed by atoms with Crippen molar-refractivity contribution >= 4 is 16.7 Å². The highest BCUT2D eigenvalue weighted by Crippen LogP contribution is 2.29. The normalized spacial score (nSPS) is 15.1. The zero-order valence-electron chi connectivity index (χ0n) is 21.4. The Morgan fingerprint density at radius 2 is 1.68 bits per heavy atom. The van der Waals surface area contributed by atoms with Gasteiger partial charge in [-0.1, -0.05) is 42.5 Å². The van der Waals surface area contributed by atoms with Crippen molar-refractivity contribution in [1.82, 2.24) is 4.90 Å². The molecule has 0 fully saturated rings. The highest BCUT2D eigenvalue weighted by atomic mass is 16.5. The first kappa shape index (κ1) is 24.4. The summed E-state index contributed by atoms with van der Waals surface area (Å²) >= 11 is 0. The summed E-state index contributed by atoms with van der Waals surface area (Å²) in [6.45, 7) is 6.84. The topological polar surface area (TPSA) is 62.6 Å². The minimum atomic E-state index is -0.275. The van der Waals surface area contributed by atoms with Gasteiger partial charge in [-0.05, 0) is 91.6 Å². The summed E-state index contributed by atoms with van der Waals surface area (Å²) < 4.78 is 12.1. The molecule has 37 heavy (non-hydrogen) atoms. The quantitative estimate of drug-likeness (QED) is 0.319. The van der Waals surface area contributed by atoms with Crippen LogP contribution in [0, 0.1) is 11.3 Å². The number of benzene rings is 4. The van der Waals surface area contributed by atoms with Crippen LogP contribution < -0.4 is 9.47 Å². The monoisotopic (exact) mass is 490 g/mol. The Morgan fingerprint density at radius 1 is 0.946 bits per heavy atom. The molecule has 1 aliphatic heterocycles. The van der Waals surface area contributed by atoms with Crippen LogP contribution in [0.3, 0.4) is 0 Å². The van der Waals surface area contributed by atoms with Crippen LogP contribution in [0.15, 0.2) is 84.9 Å². The van der Waals surface area contributed by atoms with E-state index in [1.54, 1.807) is 0 Å². The van der Waals surface area contributed by atoms with Crippen molar-refractivity contribution in [2.45, 2.75) is 45.4 Å². The number of carbonyl (C=O) groups excluding carboxylic acids is 1. The van der Waals surface area contributed by atoms with Gasteiger partial charge in [-0.15, -0.1) is 0 Å². The van der Waals surface area contributed by atoms with E-state index in [1.807, 2.05) is 111 Å². The number of ether oxygens (including phenoxy) is 2. The molecule has 0 aromatic heterocycles. The Bertz CT molecular complexity index is 1470. The fourth-order valence-corrected chi connectivity index (χ4v) is 4.82. The third kappa shape index (κ3) is 5.44. The fraction of sp³-hybridized carbons (Fsp3) is 0.250. The van der Waals surface area contributed by atoms with Crippen LogP contribution in [0.4, 0.5) is 0 Å². The molecule has 5 heteroatoms. The highest BCUT2D eigenvalue weighted by Gasteiger charge is 2.32. The van der Waals surface area contributed by atoms with Gasteiger partial charge in [0.15, 0.2) is 0 Å². The Balaban J connectivity index is 1.42. The summed E-state index contributed by atoms with van der Waals surface area (Å²) in [5, 5.41) is 11.4. The standard InChI is InChI=1S/C32H30N2O3/c1-32(2,3)37-28-15-13-27(14-16-28)36-21-26-18-25-17-22(19-33)11-12-24(25)20-34(26)31(35)30-10-6-8-23-7-4-5-9-29(23)30/h4-17,26H,18,20-21H2,1-3H3. The molecule has 1 unspecified atom stereocenters. The van der Waals surface area contributed by atoms with Crippen LogP contribution in [0.1, 0.15) is 47.8 Å². The van der Waals surface area contributed by atoms with E-state index < -0.39 is 0 Å². The highest BCUT2D eigenvalue weighted by molar-refractivity contribution is 6.07. The summed E-state index contributed by atoms with van der Waals surface area (Å²) in [4.78, 5) is 15.9. The number of fused-ring (bicyclic) bond motifs is 2. The van der Waals surface area contributed by atoms with Crippen molar-refractivity contribution in [3.63, 3.8) is 0 Å². The number of amides is 1.